The van der Waals surface area contributed by atoms with E-state index in [1.807, 2.05) is 0 Å². The van der Waals surface area contributed by atoms with Crippen molar-refractivity contribution < 1.29 is 25.2 Å². The minimum absolute atomic E-state index is 0.365. The Morgan fingerprint density at radius 2 is 0.618 bits per heavy atom. The van der Waals surface area contributed by atoms with Crippen LogP contribution in [0.25, 0.3) is 0 Å². The molecule has 5 N–H and O–H groups in total. The van der Waals surface area contributed by atoms with Crippen molar-refractivity contribution in [3.63, 3.8) is 0 Å². The van der Waals surface area contributed by atoms with Crippen molar-refractivity contribution in [1.29, 1.82) is 0 Å². The molecule has 0 bridgehead atoms. The fourth-order valence-corrected chi connectivity index (χ4v) is 9.84. The van der Waals surface area contributed by atoms with E-state index in [2.05, 4.69) is 43.5 Å². The van der Waals surface area contributed by atoms with Gasteiger partial charge in [-0.15, -0.1) is 0 Å². The number of carbonyl (C=O) groups is 1. The quantitative estimate of drug-likeness (QED) is 0.0308. The molecular weight excluding hydrogens is 839 g/mol. The molecule has 0 aromatic rings. The lowest BCUT2D eigenvalue weighted by Crippen LogP contribution is -2.53. The van der Waals surface area contributed by atoms with Crippen LogP contribution in [0.1, 0.15) is 335 Å². The molecule has 0 aromatic heterocycles. The van der Waals surface area contributed by atoms with Gasteiger partial charge in [-0.05, 0) is 51.4 Å². The van der Waals surface area contributed by atoms with Gasteiger partial charge in [0, 0.05) is 0 Å². The average Bonchev–Trinajstić information content (AvgIpc) is 3.34. The number of aliphatic hydroxyl groups is 4. The molecule has 1 amide bonds. The molecule has 0 saturated heterocycles. The van der Waals surface area contributed by atoms with Crippen LogP contribution >= 0.6 is 0 Å². The van der Waals surface area contributed by atoms with E-state index in [4.69, 9.17) is 0 Å². The number of hydrogen-bond donors (Lipinski definition) is 5. The minimum atomic E-state index is -1.29. The summed E-state index contributed by atoms with van der Waals surface area (Å²) in [4.78, 5) is 12.6. The second-order valence-electron chi connectivity index (χ2n) is 21.4. The standard InChI is InChI=1S/C62H121NO5/c1-3-5-7-9-11-13-15-17-19-21-23-25-27-28-29-30-31-32-33-34-36-38-40-42-44-46-48-50-52-54-56-60(66)62(68)63-58(57-64)61(67)59(65)55-53-51-49-47-45-43-41-39-37-35-26-24-22-20-18-16-14-12-10-8-6-4-2/h39,41,47,49,58-61,64-67H,3-38,40,42-46,48,50-57H2,1-2H3,(H,63,68)/b41-39+,49-47+. The van der Waals surface area contributed by atoms with E-state index in [1.54, 1.807) is 0 Å². The Morgan fingerprint density at radius 1 is 0.353 bits per heavy atom. The van der Waals surface area contributed by atoms with Gasteiger partial charge in [-0.25, -0.2) is 0 Å². The number of aliphatic hydroxyl groups excluding tert-OH is 4. The number of hydrogen-bond acceptors (Lipinski definition) is 5. The van der Waals surface area contributed by atoms with E-state index >= 15 is 0 Å². The van der Waals surface area contributed by atoms with Crippen LogP contribution in [0.3, 0.4) is 0 Å². The SMILES string of the molecule is CCCCCCCCCCCCCCC/C=C/CC/C=C/CCCC(O)C(O)C(CO)NC(=O)C(O)CCCCCCCCCCCCCCCCCCCCCCCCCCCCCCCC. The first-order chi connectivity index (χ1) is 33.5. The predicted molar refractivity (Wildman–Crippen MR) is 298 cm³/mol. The summed E-state index contributed by atoms with van der Waals surface area (Å²) in [7, 11) is 0. The maximum absolute atomic E-state index is 12.6. The van der Waals surface area contributed by atoms with Crippen molar-refractivity contribution in [3.05, 3.63) is 24.3 Å². The van der Waals surface area contributed by atoms with E-state index in [0.29, 0.717) is 19.3 Å². The zero-order valence-electron chi connectivity index (χ0n) is 45.9. The van der Waals surface area contributed by atoms with E-state index in [1.165, 1.54) is 263 Å². The molecular formula is C62H121NO5. The predicted octanol–water partition coefficient (Wildman–Crippen LogP) is 18.2. The Labute approximate surface area is 425 Å². The molecule has 68 heavy (non-hydrogen) atoms. The smallest absolute Gasteiger partial charge is 0.249 e. The van der Waals surface area contributed by atoms with Crippen molar-refractivity contribution in [3.8, 4) is 0 Å². The van der Waals surface area contributed by atoms with E-state index in [9.17, 15) is 25.2 Å². The molecule has 0 spiro atoms. The van der Waals surface area contributed by atoms with Crippen LogP contribution < -0.4 is 5.32 Å². The maximum Gasteiger partial charge on any atom is 0.249 e. The topological polar surface area (TPSA) is 110 Å². The molecule has 0 aliphatic rings. The Bertz CT molecular complexity index is 1030. The number of allylic oxidation sites excluding steroid dienone is 4. The van der Waals surface area contributed by atoms with Gasteiger partial charge < -0.3 is 25.7 Å². The first-order valence-electron chi connectivity index (χ1n) is 30.7. The Kier molecular flexibility index (Phi) is 55.7. The Morgan fingerprint density at radius 3 is 0.926 bits per heavy atom. The van der Waals surface area contributed by atoms with Crippen LogP contribution in [0.15, 0.2) is 24.3 Å². The lowest BCUT2D eigenvalue weighted by atomic mass is 10.00. The maximum atomic E-state index is 12.6. The minimum Gasteiger partial charge on any atom is -0.394 e. The van der Waals surface area contributed by atoms with E-state index < -0.39 is 36.9 Å². The van der Waals surface area contributed by atoms with Crippen molar-refractivity contribution in [2.45, 2.75) is 359 Å². The summed E-state index contributed by atoms with van der Waals surface area (Å²) >= 11 is 0. The summed E-state index contributed by atoms with van der Waals surface area (Å²) in [6.07, 6.45) is 69.9. The highest BCUT2D eigenvalue weighted by Gasteiger charge is 2.28. The summed E-state index contributed by atoms with van der Waals surface area (Å²) < 4.78 is 0. The van der Waals surface area contributed by atoms with Gasteiger partial charge in [-0.1, -0.05) is 308 Å². The molecule has 0 saturated carbocycles. The molecule has 0 rings (SSSR count). The monoisotopic (exact) mass is 960 g/mol. The fourth-order valence-electron chi connectivity index (χ4n) is 9.84. The highest BCUT2D eigenvalue weighted by Crippen LogP contribution is 2.18. The normalized spacial score (nSPS) is 13.8. The highest BCUT2D eigenvalue weighted by molar-refractivity contribution is 5.80. The first kappa shape index (κ1) is 66.8. The van der Waals surface area contributed by atoms with Crippen LogP contribution in [-0.2, 0) is 4.79 Å². The summed E-state index contributed by atoms with van der Waals surface area (Å²) in [5.41, 5.74) is 0. The summed E-state index contributed by atoms with van der Waals surface area (Å²) in [6.45, 7) is 4.08. The van der Waals surface area contributed by atoms with Crippen LogP contribution in [0.5, 0.6) is 0 Å². The molecule has 404 valence electrons. The molecule has 0 fully saturated rings. The number of nitrogens with one attached hydrogen (secondary N) is 1. The molecule has 0 heterocycles. The van der Waals surface area contributed by atoms with E-state index in [0.717, 1.165) is 38.5 Å². The van der Waals surface area contributed by atoms with Gasteiger partial charge in [0.1, 0.15) is 12.2 Å². The van der Waals surface area contributed by atoms with Gasteiger partial charge >= 0.3 is 0 Å². The summed E-state index contributed by atoms with van der Waals surface area (Å²) in [6, 6.07) is -1.01. The van der Waals surface area contributed by atoms with Crippen LogP contribution in [0.2, 0.25) is 0 Å². The highest BCUT2D eigenvalue weighted by atomic mass is 16.3. The Hall–Kier alpha value is -1.21. The Balaban J connectivity index is 3.60. The third-order valence-electron chi connectivity index (χ3n) is 14.6. The molecule has 0 aliphatic carbocycles. The van der Waals surface area contributed by atoms with Crippen LogP contribution in [-0.4, -0.2) is 57.3 Å². The van der Waals surface area contributed by atoms with Crippen LogP contribution in [0.4, 0.5) is 0 Å². The third-order valence-corrected chi connectivity index (χ3v) is 14.6. The summed E-state index contributed by atoms with van der Waals surface area (Å²) in [5.74, 6) is -0.591. The second-order valence-corrected chi connectivity index (χ2v) is 21.4. The molecule has 6 nitrogen and oxygen atoms in total. The first-order valence-corrected chi connectivity index (χ1v) is 30.7. The molecule has 0 aliphatic heterocycles. The van der Waals surface area contributed by atoms with Gasteiger partial charge in [-0.2, -0.15) is 0 Å². The van der Waals surface area contributed by atoms with Gasteiger partial charge in [0.15, 0.2) is 0 Å². The zero-order chi connectivity index (χ0) is 49.5. The largest absolute Gasteiger partial charge is 0.394 e. The van der Waals surface area contributed by atoms with Crippen molar-refractivity contribution >= 4 is 5.91 Å². The average molecular weight is 961 g/mol. The number of rotatable bonds is 57. The zero-order valence-corrected chi connectivity index (χ0v) is 45.9. The number of amides is 1. The molecule has 0 aromatic carbocycles. The van der Waals surface area contributed by atoms with Crippen molar-refractivity contribution in [1.82, 2.24) is 5.32 Å². The van der Waals surface area contributed by atoms with Gasteiger partial charge in [0.25, 0.3) is 0 Å². The molecule has 0 radical (unpaired) electrons. The van der Waals surface area contributed by atoms with E-state index in [-0.39, 0.29) is 0 Å². The van der Waals surface area contributed by atoms with Crippen LogP contribution in [0, 0.1) is 0 Å². The van der Waals surface area contributed by atoms with Crippen molar-refractivity contribution in [2.75, 3.05) is 6.61 Å². The van der Waals surface area contributed by atoms with Gasteiger partial charge in [0.2, 0.25) is 5.91 Å². The lowest BCUT2D eigenvalue weighted by Gasteiger charge is -2.27. The van der Waals surface area contributed by atoms with Gasteiger partial charge in [0.05, 0.1) is 18.8 Å². The van der Waals surface area contributed by atoms with Crippen molar-refractivity contribution in [2.24, 2.45) is 0 Å². The molecule has 4 atom stereocenters. The second kappa shape index (κ2) is 56.7. The molecule has 4 unspecified atom stereocenters. The van der Waals surface area contributed by atoms with Gasteiger partial charge in [-0.3, -0.25) is 4.79 Å². The molecule has 6 heteroatoms. The number of carbonyl (C=O) groups excluding carboxylic acids is 1. The lowest BCUT2D eigenvalue weighted by molar-refractivity contribution is -0.132. The fraction of sp³-hybridized carbons (Fsp3) is 0.919. The number of unbranched alkanes of at least 4 members (excludes halogenated alkanes) is 44. The third kappa shape index (κ3) is 49.8. The summed E-state index contributed by atoms with van der Waals surface area (Å²) in [5, 5.41) is 44.0.